The van der Waals surface area contributed by atoms with Crippen molar-refractivity contribution >= 4 is 33.3 Å². The lowest BCUT2D eigenvalue weighted by Gasteiger charge is -1.92. The molecule has 3 heteroatoms. The Labute approximate surface area is 115 Å². The third-order valence-electron chi connectivity index (χ3n) is 1.95. The van der Waals surface area contributed by atoms with Crippen molar-refractivity contribution in [3.05, 3.63) is 70.7 Å². The maximum Gasteiger partial charge on any atom is 0.177 e. The summed E-state index contributed by atoms with van der Waals surface area (Å²) in [6.07, 6.45) is 0. The first-order valence-electron chi connectivity index (χ1n) is 5.09. The molecule has 1 nitrogen and oxygen atoms in total. The van der Waals surface area contributed by atoms with Crippen LogP contribution in [-0.2, 0) is 0 Å². The molecule has 0 bridgehead atoms. The molecule has 88 valence electrons. The quantitative estimate of drug-likeness (QED) is 0.587. The van der Waals surface area contributed by atoms with Crippen molar-refractivity contribution in [3.8, 4) is 0 Å². The maximum absolute atomic E-state index is 10.9. The number of rotatable bonds is 2. The number of halogens is 2. The lowest BCUT2D eigenvalue weighted by atomic mass is 10.2. The Morgan fingerprint density at radius 3 is 1.76 bits per heavy atom. The van der Waals surface area contributed by atoms with E-state index in [4.69, 9.17) is 11.6 Å². The van der Waals surface area contributed by atoms with Gasteiger partial charge < -0.3 is 0 Å². The lowest BCUT2D eigenvalue weighted by Crippen LogP contribution is -1.98. The molecule has 0 fully saturated rings. The van der Waals surface area contributed by atoms with E-state index in [2.05, 4.69) is 15.9 Å². The first-order chi connectivity index (χ1) is 8.24. The van der Waals surface area contributed by atoms with E-state index in [1.165, 1.54) is 0 Å². The van der Waals surface area contributed by atoms with Gasteiger partial charge in [-0.25, -0.2) is 0 Å². The van der Waals surface area contributed by atoms with Crippen molar-refractivity contribution in [1.29, 1.82) is 0 Å². The number of ketones is 1. The van der Waals surface area contributed by atoms with E-state index < -0.39 is 0 Å². The van der Waals surface area contributed by atoms with Gasteiger partial charge in [-0.3, -0.25) is 4.79 Å². The zero-order valence-electron chi connectivity index (χ0n) is 9.14. The van der Waals surface area contributed by atoms with E-state index in [1.54, 1.807) is 12.1 Å². The van der Waals surface area contributed by atoms with Crippen molar-refractivity contribution in [2.24, 2.45) is 0 Å². The maximum atomic E-state index is 10.9. The number of hydrogen-bond acceptors (Lipinski definition) is 1. The molecule has 0 unspecified atom stereocenters. The van der Waals surface area contributed by atoms with Crippen LogP contribution in [0.5, 0.6) is 0 Å². The molecule has 2 aromatic carbocycles. The fourth-order valence-electron chi connectivity index (χ4n) is 1.12. The zero-order chi connectivity index (χ0) is 12.5. The molecule has 2 rings (SSSR count). The van der Waals surface area contributed by atoms with Gasteiger partial charge in [0.25, 0.3) is 0 Å². The van der Waals surface area contributed by atoms with E-state index in [-0.39, 0.29) is 11.7 Å². The average molecular weight is 312 g/mol. The fourth-order valence-corrected chi connectivity index (χ4v) is 1.58. The second-order valence-corrected chi connectivity index (χ2v) is 4.40. The Hall–Kier alpha value is -1.12. The number of carbonyl (C=O) groups excluding carboxylic acids is 1. The molecular weight excluding hydrogens is 300 g/mol. The SMILES string of the molecule is Brc1ccccc1.O=C(CCl)c1ccccc1. The number of hydrogen-bond donors (Lipinski definition) is 0. The summed E-state index contributed by atoms with van der Waals surface area (Å²) in [5.41, 5.74) is 0.678. The molecular formula is C14H12BrClO. The fraction of sp³-hybridized carbons (Fsp3) is 0.0714. The second-order valence-electron chi connectivity index (χ2n) is 3.22. The molecule has 0 spiro atoms. The number of carbonyl (C=O) groups is 1. The normalized spacial score (nSPS) is 9.06. The summed E-state index contributed by atoms with van der Waals surface area (Å²) in [4.78, 5) is 10.9. The average Bonchev–Trinajstić information content (AvgIpc) is 2.40. The zero-order valence-corrected chi connectivity index (χ0v) is 11.5. The molecule has 0 saturated carbocycles. The van der Waals surface area contributed by atoms with E-state index in [1.807, 2.05) is 48.5 Å². The van der Waals surface area contributed by atoms with Crippen LogP contribution < -0.4 is 0 Å². The third-order valence-corrected chi connectivity index (χ3v) is 2.72. The van der Waals surface area contributed by atoms with Gasteiger partial charge in [-0.05, 0) is 12.1 Å². The summed E-state index contributed by atoms with van der Waals surface area (Å²) in [5, 5.41) is 0. The van der Waals surface area contributed by atoms with E-state index >= 15 is 0 Å². The molecule has 0 aliphatic rings. The number of benzene rings is 2. The standard InChI is InChI=1S/C8H7ClO.C6H5Br/c9-6-8(10)7-4-2-1-3-5-7;7-6-4-2-1-3-5-6/h1-5H,6H2;1-5H. The molecule has 2 aromatic rings. The summed E-state index contributed by atoms with van der Waals surface area (Å²) >= 11 is 8.65. The van der Waals surface area contributed by atoms with Crippen molar-refractivity contribution < 1.29 is 4.79 Å². The van der Waals surface area contributed by atoms with E-state index in [0.29, 0.717) is 5.56 Å². The van der Waals surface area contributed by atoms with Crippen LogP contribution in [0.4, 0.5) is 0 Å². The van der Waals surface area contributed by atoms with Gasteiger partial charge in [0.15, 0.2) is 5.78 Å². The molecule has 0 aliphatic carbocycles. The highest BCUT2D eigenvalue weighted by molar-refractivity contribution is 9.10. The predicted molar refractivity (Wildman–Crippen MR) is 75.6 cm³/mol. The summed E-state index contributed by atoms with van der Waals surface area (Å²) in [5.74, 6) is 0.0339. The van der Waals surface area contributed by atoms with Crippen molar-refractivity contribution in [1.82, 2.24) is 0 Å². The summed E-state index contributed by atoms with van der Waals surface area (Å²) < 4.78 is 1.13. The van der Waals surface area contributed by atoms with Crippen LogP contribution in [-0.4, -0.2) is 11.7 Å². The van der Waals surface area contributed by atoms with Crippen LogP contribution in [0.3, 0.4) is 0 Å². The van der Waals surface area contributed by atoms with Crippen LogP contribution in [0.2, 0.25) is 0 Å². The van der Waals surface area contributed by atoms with Gasteiger partial charge >= 0.3 is 0 Å². The van der Waals surface area contributed by atoms with Gasteiger partial charge in [0, 0.05) is 10.0 Å². The molecule has 0 aliphatic heterocycles. The van der Waals surface area contributed by atoms with Crippen molar-refractivity contribution in [2.45, 2.75) is 0 Å². The van der Waals surface area contributed by atoms with Crippen LogP contribution in [0.1, 0.15) is 10.4 Å². The minimum atomic E-state index is -0.0257. The van der Waals surface area contributed by atoms with Gasteiger partial charge in [-0.1, -0.05) is 64.5 Å². The smallest absolute Gasteiger partial charge is 0.177 e. The topological polar surface area (TPSA) is 17.1 Å². The molecule has 0 heterocycles. The molecule has 0 N–H and O–H groups in total. The monoisotopic (exact) mass is 310 g/mol. The highest BCUT2D eigenvalue weighted by Crippen LogP contribution is 2.05. The highest BCUT2D eigenvalue weighted by atomic mass is 79.9. The molecule has 0 radical (unpaired) electrons. The van der Waals surface area contributed by atoms with E-state index in [0.717, 1.165) is 4.47 Å². The molecule has 0 saturated heterocycles. The summed E-state index contributed by atoms with van der Waals surface area (Å²) in [6.45, 7) is 0. The number of Topliss-reactive ketones (excluding diaryl/α,β-unsaturated/α-hetero) is 1. The molecule has 0 atom stereocenters. The Kier molecular flexibility index (Phi) is 6.60. The molecule has 0 aromatic heterocycles. The minimum absolute atomic E-state index is 0.0257. The van der Waals surface area contributed by atoms with Crippen LogP contribution in [0, 0.1) is 0 Å². The Morgan fingerprint density at radius 1 is 0.941 bits per heavy atom. The van der Waals surface area contributed by atoms with Gasteiger partial charge in [-0.2, -0.15) is 0 Å². The lowest BCUT2D eigenvalue weighted by molar-refractivity contribution is 0.102. The number of alkyl halides is 1. The Balaban J connectivity index is 0.000000181. The Morgan fingerprint density at radius 2 is 1.41 bits per heavy atom. The third kappa shape index (κ3) is 5.66. The van der Waals surface area contributed by atoms with E-state index in [9.17, 15) is 4.79 Å². The molecule has 17 heavy (non-hydrogen) atoms. The van der Waals surface area contributed by atoms with Crippen molar-refractivity contribution in [2.75, 3.05) is 5.88 Å². The summed E-state index contributed by atoms with van der Waals surface area (Å²) in [7, 11) is 0. The first kappa shape index (κ1) is 13.9. The van der Waals surface area contributed by atoms with Crippen LogP contribution in [0.15, 0.2) is 65.1 Å². The Bertz CT molecular complexity index is 442. The second kappa shape index (κ2) is 8.04. The summed E-state index contributed by atoms with van der Waals surface area (Å²) in [6, 6.07) is 19.0. The van der Waals surface area contributed by atoms with Gasteiger partial charge in [0.05, 0.1) is 5.88 Å². The molecule has 0 amide bonds. The van der Waals surface area contributed by atoms with Gasteiger partial charge in [0.1, 0.15) is 0 Å². The van der Waals surface area contributed by atoms with Crippen LogP contribution in [0.25, 0.3) is 0 Å². The van der Waals surface area contributed by atoms with Gasteiger partial charge in [-0.15, -0.1) is 11.6 Å². The minimum Gasteiger partial charge on any atom is -0.293 e. The van der Waals surface area contributed by atoms with Crippen LogP contribution >= 0.6 is 27.5 Å². The van der Waals surface area contributed by atoms with Gasteiger partial charge in [0.2, 0.25) is 0 Å². The largest absolute Gasteiger partial charge is 0.293 e. The highest BCUT2D eigenvalue weighted by Gasteiger charge is 1.99. The van der Waals surface area contributed by atoms with Crippen molar-refractivity contribution in [3.63, 3.8) is 0 Å². The first-order valence-corrected chi connectivity index (χ1v) is 6.41. The predicted octanol–water partition coefficient (Wildman–Crippen LogP) is 4.56.